The van der Waals surface area contributed by atoms with Crippen LogP contribution < -0.4 is 0 Å². The molecule has 2 nitrogen and oxygen atoms in total. The lowest BCUT2D eigenvalue weighted by atomic mass is 10.1. The van der Waals surface area contributed by atoms with E-state index in [-0.39, 0.29) is 0 Å². The van der Waals surface area contributed by atoms with Crippen LogP contribution in [0.25, 0.3) is 0 Å². The second-order valence-electron chi connectivity index (χ2n) is 6.24. The number of rotatable bonds is 16. The Morgan fingerprint density at radius 3 is 1.91 bits per heavy atom. The van der Waals surface area contributed by atoms with Gasteiger partial charge in [0.2, 0.25) is 0 Å². The van der Waals surface area contributed by atoms with Gasteiger partial charge < -0.3 is 5.11 Å². The first-order valence-electron chi connectivity index (χ1n) is 9.39. The third-order valence-electron chi connectivity index (χ3n) is 3.98. The molecule has 0 aromatic rings. The molecule has 0 unspecified atom stereocenters. The third kappa shape index (κ3) is 16.9. The Balaban J connectivity index is 3.25. The molecule has 0 saturated carbocycles. The summed E-state index contributed by atoms with van der Waals surface area (Å²) in [5, 5.41) is 8.70. The van der Waals surface area contributed by atoms with E-state index in [4.69, 9.17) is 5.11 Å². The molecule has 0 aromatic carbocycles. The van der Waals surface area contributed by atoms with Crippen molar-refractivity contribution in [3.05, 3.63) is 36.5 Å². The van der Waals surface area contributed by atoms with E-state index in [1.165, 1.54) is 57.8 Å². The van der Waals surface area contributed by atoms with Crippen molar-refractivity contribution in [2.45, 2.75) is 90.4 Å². The van der Waals surface area contributed by atoms with Gasteiger partial charge in [0.1, 0.15) is 0 Å². The Morgan fingerprint density at radius 2 is 1.35 bits per heavy atom. The highest BCUT2D eigenvalue weighted by atomic mass is 16.4. The minimum Gasteiger partial charge on any atom is -0.478 e. The van der Waals surface area contributed by atoms with Gasteiger partial charge in [-0.3, -0.25) is 0 Å². The first kappa shape index (κ1) is 21.7. The van der Waals surface area contributed by atoms with Crippen molar-refractivity contribution < 1.29 is 9.90 Å². The summed E-state index contributed by atoms with van der Waals surface area (Å²) < 4.78 is 0. The Bertz CT molecular complexity index is 353. The topological polar surface area (TPSA) is 37.3 Å². The van der Waals surface area contributed by atoms with E-state index in [0.717, 1.165) is 19.3 Å². The van der Waals surface area contributed by atoms with Crippen LogP contribution in [0, 0.1) is 0 Å². The third-order valence-corrected chi connectivity index (χ3v) is 3.98. The minimum absolute atomic E-state index is 0.342. The van der Waals surface area contributed by atoms with Crippen LogP contribution in [0.15, 0.2) is 36.5 Å². The quantitative estimate of drug-likeness (QED) is 0.192. The van der Waals surface area contributed by atoms with Crippen LogP contribution in [-0.2, 0) is 4.79 Å². The van der Waals surface area contributed by atoms with Crippen LogP contribution in [0.5, 0.6) is 0 Å². The molecular formula is C21H36O2. The van der Waals surface area contributed by atoms with E-state index in [1.807, 2.05) is 0 Å². The van der Waals surface area contributed by atoms with E-state index in [0.29, 0.717) is 12.0 Å². The van der Waals surface area contributed by atoms with Gasteiger partial charge in [-0.25, -0.2) is 4.79 Å². The van der Waals surface area contributed by atoms with Crippen LogP contribution in [0.3, 0.4) is 0 Å². The Morgan fingerprint density at radius 1 is 0.826 bits per heavy atom. The first-order valence-corrected chi connectivity index (χ1v) is 9.39. The molecule has 0 rings (SSSR count). The predicted molar refractivity (Wildman–Crippen MR) is 101 cm³/mol. The summed E-state index contributed by atoms with van der Waals surface area (Å²) in [4.78, 5) is 10.6. The van der Waals surface area contributed by atoms with Gasteiger partial charge in [0.25, 0.3) is 0 Å². The molecule has 132 valence electrons. The summed E-state index contributed by atoms with van der Waals surface area (Å²) in [6.07, 6.45) is 24.3. The molecular weight excluding hydrogens is 284 g/mol. The second kappa shape index (κ2) is 17.1. The van der Waals surface area contributed by atoms with E-state index in [2.05, 4.69) is 37.8 Å². The van der Waals surface area contributed by atoms with Gasteiger partial charge in [0.05, 0.1) is 0 Å². The molecule has 0 radical (unpaired) electrons. The van der Waals surface area contributed by atoms with E-state index >= 15 is 0 Å². The molecule has 2 heteroatoms. The number of aliphatic carboxylic acids is 1. The number of allylic oxidation sites excluding steroid dienone is 4. The monoisotopic (exact) mass is 320 g/mol. The molecule has 1 N–H and O–H groups in total. The molecule has 0 bridgehead atoms. The van der Waals surface area contributed by atoms with Crippen LogP contribution in [0.4, 0.5) is 0 Å². The fraction of sp³-hybridized carbons (Fsp3) is 0.667. The molecule has 0 aliphatic carbocycles. The molecule has 0 aromatic heterocycles. The number of hydrogen-bond acceptors (Lipinski definition) is 1. The summed E-state index contributed by atoms with van der Waals surface area (Å²) in [5.41, 5.74) is 0.342. The van der Waals surface area contributed by atoms with E-state index < -0.39 is 5.97 Å². The lowest BCUT2D eigenvalue weighted by molar-refractivity contribution is -0.132. The highest BCUT2D eigenvalue weighted by molar-refractivity contribution is 5.85. The van der Waals surface area contributed by atoms with Crippen LogP contribution in [0.1, 0.15) is 90.4 Å². The first-order chi connectivity index (χ1) is 11.2. The van der Waals surface area contributed by atoms with Crippen LogP contribution in [0.2, 0.25) is 0 Å². The van der Waals surface area contributed by atoms with Crippen LogP contribution >= 0.6 is 0 Å². The molecule has 23 heavy (non-hydrogen) atoms. The number of unbranched alkanes of at least 4 members (excludes halogenated alkanes) is 9. The number of carbonyl (C=O) groups is 1. The van der Waals surface area contributed by atoms with Gasteiger partial charge >= 0.3 is 5.97 Å². The summed E-state index contributed by atoms with van der Waals surface area (Å²) in [6, 6.07) is 0. The number of hydrogen-bond donors (Lipinski definition) is 1. The molecule has 0 fully saturated rings. The van der Waals surface area contributed by atoms with E-state index in [1.54, 1.807) is 0 Å². The lowest BCUT2D eigenvalue weighted by Gasteiger charge is -2.01. The summed E-state index contributed by atoms with van der Waals surface area (Å²) in [7, 11) is 0. The van der Waals surface area contributed by atoms with Crippen molar-refractivity contribution in [2.75, 3.05) is 0 Å². The maximum atomic E-state index is 10.6. The maximum absolute atomic E-state index is 10.6. The molecule has 0 aliphatic rings. The minimum atomic E-state index is -0.854. The standard InChI is InChI=1S/C21H36O2/c1-3-4-5-6-7-8-9-10-11-12-13-14-15-16-17-18-19-20(2)21(22)23/h7-8,10-11H,2-6,9,12-19H2,1H3,(H,22,23)/b8-7-,11-10-. The fourth-order valence-corrected chi connectivity index (χ4v) is 2.43. The molecule has 0 atom stereocenters. The fourth-order valence-electron chi connectivity index (χ4n) is 2.43. The average molecular weight is 321 g/mol. The Hall–Kier alpha value is -1.31. The molecule has 0 saturated heterocycles. The van der Waals surface area contributed by atoms with Gasteiger partial charge in [-0.05, 0) is 44.9 Å². The highest BCUT2D eigenvalue weighted by Gasteiger charge is 2.02. The van der Waals surface area contributed by atoms with Crippen molar-refractivity contribution in [3.8, 4) is 0 Å². The van der Waals surface area contributed by atoms with Crippen molar-refractivity contribution in [1.82, 2.24) is 0 Å². The van der Waals surface area contributed by atoms with Crippen molar-refractivity contribution >= 4 is 5.97 Å². The Labute approximate surface area is 143 Å². The molecule has 0 heterocycles. The summed E-state index contributed by atoms with van der Waals surface area (Å²) in [6.45, 7) is 5.79. The molecule has 0 amide bonds. The zero-order valence-electron chi connectivity index (χ0n) is 15.1. The van der Waals surface area contributed by atoms with Crippen LogP contribution in [-0.4, -0.2) is 11.1 Å². The largest absolute Gasteiger partial charge is 0.478 e. The molecule has 0 spiro atoms. The normalized spacial score (nSPS) is 11.5. The van der Waals surface area contributed by atoms with Gasteiger partial charge in [-0.15, -0.1) is 0 Å². The van der Waals surface area contributed by atoms with E-state index in [9.17, 15) is 4.79 Å². The predicted octanol–water partition coefficient (Wildman–Crippen LogP) is 6.83. The van der Waals surface area contributed by atoms with Crippen molar-refractivity contribution in [2.24, 2.45) is 0 Å². The van der Waals surface area contributed by atoms with Crippen molar-refractivity contribution in [1.29, 1.82) is 0 Å². The zero-order chi connectivity index (χ0) is 17.2. The van der Waals surface area contributed by atoms with Gasteiger partial charge in [0.15, 0.2) is 0 Å². The van der Waals surface area contributed by atoms with Gasteiger partial charge in [-0.1, -0.05) is 76.3 Å². The average Bonchev–Trinajstić information content (AvgIpc) is 2.54. The summed E-state index contributed by atoms with van der Waals surface area (Å²) >= 11 is 0. The van der Waals surface area contributed by atoms with Crippen molar-refractivity contribution in [3.63, 3.8) is 0 Å². The van der Waals surface area contributed by atoms with Gasteiger partial charge in [0, 0.05) is 5.57 Å². The highest BCUT2D eigenvalue weighted by Crippen LogP contribution is 2.11. The number of carboxylic acids is 1. The smallest absolute Gasteiger partial charge is 0.330 e. The SMILES string of the molecule is C=C(CCCCCCCC/C=C\C/C=C\CCCCC)C(=O)O. The summed E-state index contributed by atoms with van der Waals surface area (Å²) in [5.74, 6) is -0.854. The maximum Gasteiger partial charge on any atom is 0.330 e. The lowest BCUT2D eigenvalue weighted by Crippen LogP contribution is -1.98. The molecule has 0 aliphatic heterocycles. The van der Waals surface area contributed by atoms with Gasteiger partial charge in [-0.2, -0.15) is 0 Å². The second-order valence-corrected chi connectivity index (χ2v) is 6.24. The number of carboxylic acid groups (broad SMARTS) is 1. The Kier molecular flexibility index (Phi) is 16.1. The zero-order valence-corrected chi connectivity index (χ0v) is 15.1.